The van der Waals surface area contributed by atoms with E-state index >= 15 is 0 Å². The van der Waals surface area contributed by atoms with Gasteiger partial charge in [0.1, 0.15) is 5.82 Å². The summed E-state index contributed by atoms with van der Waals surface area (Å²) in [5, 5.41) is 3.03. The summed E-state index contributed by atoms with van der Waals surface area (Å²) in [6, 6.07) is 10.4. The van der Waals surface area contributed by atoms with Crippen LogP contribution in [-0.4, -0.2) is 30.9 Å². The summed E-state index contributed by atoms with van der Waals surface area (Å²) >= 11 is 6.10. The van der Waals surface area contributed by atoms with Crippen LogP contribution in [0.5, 0.6) is 0 Å². The van der Waals surface area contributed by atoms with Crippen LogP contribution in [0.15, 0.2) is 42.5 Å². The van der Waals surface area contributed by atoms with Gasteiger partial charge in [-0.15, -0.1) is 0 Å². The van der Waals surface area contributed by atoms with E-state index in [9.17, 15) is 18.8 Å². The van der Waals surface area contributed by atoms with Crippen molar-refractivity contribution in [1.82, 2.24) is 0 Å². The molecule has 3 rings (SSSR count). The van der Waals surface area contributed by atoms with Crippen LogP contribution >= 0.6 is 11.6 Å². The van der Waals surface area contributed by atoms with Crippen LogP contribution in [0.2, 0.25) is 5.02 Å². The van der Waals surface area contributed by atoms with Crippen LogP contribution in [0.25, 0.3) is 0 Å². The Balaban J connectivity index is 1.55. The molecule has 1 heterocycles. The molecular formula is C20H18ClFN2O4. The lowest BCUT2D eigenvalue weighted by Gasteiger charge is -2.19. The zero-order chi connectivity index (χ0) is 20.3. The lowest BCUT2D eigenvalue weighted by atomic mass is 10.1. The van der Waals surface area contributed by atoms with Crippen molar-refractivity contribution in [1.29, 1.82) is 0 Å². The maximum atomic E-state index is 12.9. The van der Waals surface area contributed by atoms with Gasteiger partial charge in [-0.05, 0) is 48.9 Å². The summed E-state index contributed by atoms with van der Waals surface area (Å²) in [6.07, 6.45) is 0.00433. The first-order chi connectivity index (χ1) is 13.3. The minimum atomic E-state index is -0.662. The molecule has 1 aliphatic heterocycles. The summed E-state index contributed by atoms with van der Waals surface area (Å²) < 4.78 is 17.9. The fraction of sp³-hybridized carbons (Fsp3) is 0.250. The number of ether oxygens (including phenoxy) is 1. The minimum absolute atomic E-state index is 0.00433. The van der Waals surface area contributed by atoms with Crippen LogP contribution in [-0.2, 0) is 19.1 Å². The van der Waals surface area contributed by atoms with Gasteiger partial charge in [-0.25, -0.2) is 4.39 Å². The SMILES string of the molecule is Cc1c(Cl)cccc1N1C[C@H](C(=O)OCC(=O)Nc2ccc(F)cc2)CC1=O. The Hall–Kier alpha value is -2.93. The lowest BCUT2D eigenvalue weighted by Crippen LogP contribution is -2.28. The highest BCUT2D eigenvalue weighted by Crippen LogP contribution is 2.31. The molecule has 0 aromatic heterocycles. The van der Waals surface area contributed by atoms with Crippen molar-refractivity contribution >= 4 is 40.8 Å². The molecule has 146 valence electrons. The summed E-state index contributed by atoms with van der Waals surface area (Å²) in [5.41, 5.74) is 1.80. The number of benzene rings is 2. The fourth-order valence-corrected chi connectivity index (χ4v) is 3.14. The number of esters is 1. The molecule has 2 aromatic rings. The van der Waals surface area contributed by atoms with E-state index in [0.29, 0.717) is 16.4 Å². The maximum absolute atomic E-state index is 12.9. The van der Waals surface area contributed by atoms with Crippen molar-refractivity contribution in [3.8, 4) is 0 Å². The van der Waals surface area contributed by atoms with Crippen molar-refractivity contribution in [3.05, 3.63) is 58.9 Å². The van der Waals surface area contributed by atoms with E-state index in [1.54, 1.807) is 25.1 Å². The second kappa shape index (κ2) is 8.39. The standard InChI is InChI=1S/C20H18ClFN2O4/c1-12-16(21)3-2-4-17(12)24-10-13(9-19(24)26)20(27)28-11-18(25)23-15-7-5-14(22)6-8-15/h2-8,13H,9-11H2,1H3,(H,23,25)/t13-/m1/s1. The van der Waals surface area contributed by atoms with Gasteiger partial charge < -0.3 is 15.0 Å². The Morgan fingerprint density at radius 1 is 1.25 bits per heavy atom. The van der Waals surface area contributed by atoms with E-state index in [4.69, 9.17) is 16.3 Å². The van der Waals surface area contributed by atoms with E-state index in [1.807, 2.05) is 0 Å². The van der Waals surface area contributed by atoms with Crippen molar-refractivity contribution in [3.63, 3.8) is 0 Å². The number of halogens is 2. The first-order valence-corrected chi connectivity index (χ1v) is 9.00. The third-order valence-electron chi connectivity index (χ3n) is 4.46. The highest BCUT2D eigenvalue weighted by atomic mass is 35.5. The van der Waals surface area contributed by atoms with Gasteiger partial charge in [0, 0.05) is 29.4 Å². The number of carbonyl (C=O) groups is 3. The molecule has 8 heteroatoms. The van der Waals surface area contributed by atoms with Crippen LogP contribution in [0.1, 0.15) is 12.0 Å². The van der Waals surface area contributed by atoms with Gasteiger partial charge in [-0.2, -0.15) is 0 Å². The normalized spacial score (nSPS) is 16.2. The van der Waals surface area contributed by atoms with Crippen molar-refractivity contribution < 1.29 is 23.5 Å². The van der Waals surface area contributed by atoms with Gasteiger partial charge in [0.2, 0.25) is 5.91 Å². The van der Waals surface area contributed by atoms with Crippen LogP contribution in [0, 0.1) is 18.7 Å². The third kappa shape index (κ3) is 4.48. The number of hydrogen-bond acceptors (Lipinski definition) is 4. The van der Waals surface area contributed by atoms with E-state index in [0.717, 1.165) is 5.56 Å². The average molecular weight is 405 g/mol. The highest BCUT2D eigenvalue weighted by Gasteiger charge is 2.37. The quantitative estimate of drug-likeness (QED) is 0.776. The molecule has 1 saturated heterocycles. The van der Waals surface area contributed by atoms with Gasteiger partial charge in [-0.1, -0.05) is 17.7 Å². The van der Waals surface area contributed by atoms with E-state index in [1.165, 1.54) is 29.2 Å². The summed E-state index contributed by atoms with van der Waals surface area (Å²) in [7, 11) is 0. The monoisotopic (exact) mass is 404 g/mol. The first kappa shape index (κ1) is 19.8. The number of carbonyl (C=O) groups excluding carboxylic acids is 3. The van der Waals surface area contributed by atoms with Gasteiger partial charge in [-0.3, -0.25) is 14.4 Å². The average Bonchev–Trinajstić information content (AvgIpc) is 3.05. The number of rotatable bonds is 5. The second-order valence-corrected chi connectivity index (χ2v) is 6.86. The van der Waals surface area contributed by atoms with Crippen molar-refractivity contribution in [2.24, 2.45) is 5.92 Å². The highest BCUT2D eigenvalue weighted by molar-refractivity contribution is 6.31. The number of amides is 2. The number of nitrogens with one attached hydrogen (secondary N) is 1. The second-order valence-electron chi connectivity index (χ2n) is 6.45. The van der Waals surface area contributed by atoms with E-state index in [2.05, 4.69) is 5.32 Å². The first-order valence-electron chi connectivity index (χ1n) is 8.62. The fourth-order valence-electron chi connectivity index (χ4n) is 2.97. The van der Waals surface area contributed by atoms with Gasteiger partial charge in [0.25, 0.3) is 5.91 Å². The number of anilines is 2. The zero-order valence-electron chi connectivity index (χ0n) is 15.1. The minimum Gasteiger partial charge on any atom is -0.455 e. The van der Waals surface area contributed by atoms with Crippen LogP contribution in [0.3, 0.4) is 0 Å². The van der Waals surface area contributed by atoms with Gasteiger partial charge >= 0.3 is 5.97 Å². The smallest absolute Gasteiger partial charge is 0.311 e. The van der Waals surface area contributed by atoms with Crippen LogP contribution < -0.4 is 10.2 Å². The Bertz CT molecular complexity index is 917. The molecule has 0 saturated carbocycles. The molecule has 1 fully saturated rings. The van der Waals surface area contributed by atoms with Crippen molar-refractivity contribution in [2.45, 2.75) is 13.3 Å². The molecule has 2 amide bonds. The summed E-state index contributed by atoms with van der Waals surface area (Å²) in [4.78, 5) is 38.0. The predicted molar refractivity (Wildman–Crippen MR) is 103 cm³/mol. The van der Waals surface area contributed by atoms with Crippen molar-refractivity contribution in [2.75, 3.05) is 23.4 Å². The molecule has 1 N–H and O–H groups in total. The molecule has 28 heavy (non-hydrogen) atoms. The largest absolute Gasteiger partial charge is 0.455 e. The molecule has 2 aromatic carbocycles. The van der Waals surface area contributed by atoms with Gasteiger partial charge in [0.15, 0.2) is 6.61 Å². The topological polar surface area (TPSA) is 75.7 Å². The summed E-state index contributed by atoms with van der Waals surface area (Å²) in [5.74, 6) is -2.46. The van der Waals surface area contributed by atoms with E-state index in [-0.39, 0.29) is 18.9 Å². The van der Waals surface area contributed by atoms with Crippen LogP contribution in [0.4, 0.5) is 15.8 Å². The predicted octanol–water partition coefficient (Wildman–Crippen LogP) is 3.32. The Morgan fingerprint density at radius 3 is 2.68 bits per heavy atom. The Kier molecular flexibility index (Phi) is 5.94. The molecule has 0 unspecified atom stereocenters. The molecule has 1 aliphatic rings. The molecule has 1 atom stereocenters. The Morgan fingerprint density at radius 2 is 1.96 bits per heavy atom. The molecule has 0 aliphatic carbocycles. The zero-order valence-corrected chi connectivity index (χ0v) is 15.8. The maximum Gasteiger partial charge on any atom is 0.311 e. The molecule has 0 bridgehead atoms. The Labute approximate surface area is 166 Å². The molecule has 0 radical (unpaired) electrons. The molecular weight excluding hydrogens is 387 g/mol. The van der Waals surface area contributed by atoms with E-state index < -0.39 is 30.2 Å². The molecule has 0 spiro atoms. The summed E-state index contributed by atoms with van der Waals surface area (Å²) in [6.45, 7) is 1.48. The lowest BCUT2D eigenvalue weighted by molar-refractivity contribution is -0.151. The molecule has 6 nitrogen and oxygen atoms in total. The number of hydrogen-bond donors (Lipinski definition) is 1. The van der Waals surface area contributed by atoms with Gasteiger partial charge in [0.05, 0.1) is 5.92 Å². The number of nitrogens with zero attached hydrogens (tertiary/aromatic N) is 1. The third-order valence-corrected chi connectivity index (χ3v) is 4.87.